The van der Waals surface area contributed by atoms with E-state index in [0.29, 0.717) is 40.9 Å². The van der Waals surface area contributed by atoms with Crippen molar-refractivity contribution in [3.63, 3.8) is 0 Å². The van der Waals surface area contributed by atoms with Gasteiger partial charge in [-0.3, -0.25) is 14.6 Å². The second kappa shape index (κ2) is 8.60. The molecule has 2 aliphatic heterocycles. The minimum Gasteiger partial charge on any atom is -0.507 e. The number of carbonyl (C=O) groups is 2. The molecule has 7 nitrogen and oxygen atoms in total. The Hall–Kier alpha value is -3.84. The van der Waals surface area contributed by atoms with Gasteiger partial charge in [-0.1, -0.05) is 29.8 Å². The number of ether oxygens (including phenoxy) is 2. The third kappa shape index (κ3) is 3.91. The molecule has 1 atom stereocenters. The summed E-state index contributed by atoms with van der Waals surface area (Å²) in [6, 6.07) is 14.6. The number of benzene rings is 2. The molecule has 2 aromatic carbocycles. The molecule has 0 radical (unpaired) electrons. The lowest BCUT2D eigenvalue weighted by molar-refractivity contribution is -0.140. The summed E-state index contributed by atoms with van der Waals surface area (Å²) in [7, 11) is 0. The molecule has 1 aromatic heterocycles. The predicted molar refractivity (Wildman–Crippen MR) is 121 cm³/mol. The van der Waals surface area contributed by atoms with Gasteiger partial charge >= 0.3 is 0 Å². The van der Waals surface area contributed by atoms with Crippen LogP contribution in [0.5, 0.6) is 11.5 Å². The summed E-state index contributed by atoms with van der Waals surface area (Å²) >= 11 is 6.22. The van der Waals surface area contributed by atoms with Gasteiger partial charge in [0, 0.05) is 29.5 Å². The average Bonchev–Trinajstić information content (AvgIpc) is 3.09. The largest absolute Gasteiger partial charge is 0.507 e. The number of nitrogens with zero attached hydrogens (tertiary/aromatic N) is 2. The van der Waals surface area contributed by atoms with Crippen LogP contribution >= 0.6 is 11.6 Å². The molecule has 166 valence electrons. The number of rotatable bonds is 4. The van der Waals surface area contributed by atoms with Crippen LogP contribution in [0.3, 0.4) is 0 Å². The lowest BCUT2D eigenvalue weighted by atomic mass is 9.95. The molecule has 0 spiro atoms. The lowest BCUT2D eigenvalue weighted by Gasteiger charge is -2.25. The molecule has 1 unspecified atom stereocenters. The number of aliphatic hydroxyl groups excluding tert-OH is 1. The van der Waals surface area contributed by atoms with Crippen LogP contribution in [0.4, 0.5) is 0 Å². The number of aromatic nitrogens is 1. The number of fused-ring (bicyclic) bond motifs is 1. The highest BCUT2D eigenvalue weighted by molar-refractivity contribution is 6.46. The van der Waals surface area contributed by atoms with Crippen molar-refractivity contribution < 1.29 is 24.2 Å². The van der Waals surface area contributed by atoms with Gasteiger partial charge in [0.2, 0.25) is 0 Å². The van der Waals surface area contributed by atoms with Crippen LogP contribution in [-0.2, 0) is 16.1 Å². The van der Waals surface area contributed by atoms with Crippen molar-refractivity contribution in [1.82, 2.24) is 9.88 Å². The number of carbonyl (C=O) groups excluding carboxylic acids is 2. The Morgan fingerprint density at radius 2 is 1.88 bits per heavy atom. The Bertz CT molecular complexity index is 1270. The Balaban J connectivity index is 1.64. The molecule has 2 aliphatic rings. The van der Waals surface area contributed by atoms with Crippen molar-refractivity contribution in [3.8, 4) is 11.5 Å². The molecule has 1 amide bonds. The fourth-order valence-electron chi connectivity index (χ4n) is 4.10. The highest BCUT2D eigenvalue weighted by atomic mass is 35.5. The molecule has 8 heteroatoms. The maximum absolute atomic E-state index is 13.2. The summed E-state index contributed by atoms with van der Waals surface area (Å²) in [5.41, 5.74) is 1.71. The number of aliphatic hydroxyl groups is 1. The molecule has 0 saturated carbocycles. The van der Waals surface area contributed by atoms with Crippen molar-refractivity contribution >= 4 is 29.1 Å². The number of Topliss-reactive ketones (excluding diaryl/α,β-unsaturated/α-hetero) is 1. The number of likely N-dealkylation sites (tertiary alicyclic amines) is 1. The van der Waals surface area contributed by atoms with Gasteiger partial charge in [0.25, 0.3) is 11.7 Å². The number of halogens is 1. The smallest absolute Gasteiger partial charge is 0.295 e. The molecule has 33 heavy (non-hydrogen) atoms. The first kappa shape index (κ1) is 21.0. The Morgan fingerprint density at radius 1 is 1.06 bits per heavy atom. The molecule has 1 saturated heterocycles. The molecule has 3 heterocycles. The van der Waals surface area contributed by atoms with E-state index in [2.05, 4.69) is 4.98 Å². The van der Waals surface area contributed by atoms with Crippen LogP contribution in [0, 0.1) is 0 Å². The average molecular weight is 463 g/mol. The van der Waals surface area contributed by atoms with Crippen molar-refractivity contribution in [1.29, 1.82) is 0 Å². The van der Waals surface area contributed by atoms with Gasteiger partial charge in [-0.2, -0.15) is 0 Å². The van der Waals surface area contributed by atoms with E-state index in [9.17, 15) is 14.7 Å². The zero-order chi connectivity index (χ0) is 22.9. The number of pyridine rings is 1. The van der Waals surface area contributed by atoms with Crippen molar-refractivity contribution in [2.24, 2.45) is 0 Å². The quantitative estimate of drug-likeness (QED) is 0.356. The van der Waals surface area contributed by atoms with Gasteiger partial charge in [0.05, 0.1) is 11.6 Å². The molecular formula is C25H19ClN2O5. The SMILES string of the molecule is O=C1C(=O)N(Cc2cccnc2)C(c2cccc(Cl)c2)/C1=C(/O)c1ccc2c(c1)OCCO2. The topological polar surface area (TPSA) is 89.0 Å². The molecule has 5 rings (SSSR count). The molecule has 3 aromatic rings. The lowest BCUT2D eigenvalue weighted by Crippen LogP contribution is -2.29. The number of hydrogen-bond acceptors (Lipinski definition) is 6. The van der Waals surface area contributed by atoms with Crippen LogP contribution in [0.2, 0.25) is 5.02 Å². The minimum atomic E-state index is -0.822. The minimum absolute atomic E-state index is 0.0113. The van der Waals surface area contributed by atoms with E-state index >= 15 is 0 Å². The maximum atomic E-state index is 13.2. The molecule has 0 aliphatic carbocycles. The fraction of sp³-hybridized carbons (Fsp3) is 0.160. The second-order valence-corrected chi connectivity index (χ2v) is 8.14. The zero-order valence-electron chi connectivity index (χ0n) is 17.4. The van der Waals surface area contributed by atoms with E-state index < -0.39 is 17.7 Å². The van der Waals surface area contributed by atoms with Crippen LogP contribution in [0.1, 0.15) is 22.7 Å². The summed E-state index contributed by atoms with van der Waals surface area (Å²) in [5, 5.41) is 11.7. The summed E-state index contributed by atoms with van der Waals surface area (Å²) in [5.74, 6) is -0.737. The van der Waals surface area contributed by atoms with Gasteiger partial charge in [-0.05, 0) is 47.5 Å². The van der Waals surface area contributed by atoms with E-state index in [1.54, 1.807) is 60.9 Å². The van der Waals surface area contributed by atoms with Crippen molar-refractivity contribution in [3.05, 3.63) is 94.3 Å². The summed E-state index contributed by atoms with van der Waals surface area (Å²) in [6.07, 6.45) is 3.27. The predicted octanol–water partition coefficient (Wildman–Crippen LogP) is 4.13. The summed E-state index contributed by atoms with van der Waals surface area (Å²) < 4.78 is 11.1. The van der Waals surface area contributed by atoms with E-state index in [1.165, 1.54) is 4.90 Å². The van der Waals surface area contributed by atoms with E-state index in [-0.39, 0.29) is 17.9 Å². The van der Waals surface area contributed by atoms with E-state index in [1.807, 2.05) is 6.07 Å². The van der Waals surface area contributed by atoms with Crippen molar-refractivity contribution in [2.45, 2.75) is 12.6 Å². The third-order valence-electron chi connectivity index (χ3n) is 5.60. The normalized spacial score (nSPS) is 19.1. The standard InChI is InChI=1S/C25H19ClN2O5/c26-18-5-1-4-16(11-18)22-21(23(29)17-6-7-19-20(12-17)33-10-9-32-19)24(30)25(31)28(22)14-15-3-2-8-27-13-15/h1-8,11-13,22,29H,9-10,14H2/b23-21-. The van der Waals surface area contributed by atoms with Crippen molar-refractivity contribution in [2.75, 3.05) is 13.2 Å². The number of amides is 1. The number of hydrogen-bond donors (Lipinski definition) is 1. The maximum Gasteiger partial charge on any atom is 0.295 e. The molecule has 1 N–H and O–H groups in total. The zero-order valence-corrected chi connectivity index (χ0v) is 18.2. The van der Waals surface area contributed by atoms with Gasteiger partial charge in [0.1, 0.15) is 19.0 Å². The molecular weight excluding hydrogens is 444 g/mol. The van der Waals surface area contributed by atoms with Gasteiger partial charge in [0.15, 0.2) is 11.5 Å². The monoisotopic (exact) mass is 462 g/mol. The van der Waals surface area contributed by atoms with Crippen LogP contribution in [0.15, 0.2) is 72.6 Å². The van der Waals surface area contributed by atoms with Gasteiger partial charge in [-0.15, -0.1) is 0 Å². The van der Waals surface area contributed by atoms with E-state index in [0.717, 1.165) is 5.56 Å². The van der Waals surface area contributed by atoms with Crippen LogP contribution in [0.25, 0.3) is 5.76 Å². The fourth-order valence-corrected chi connectivity index (χ4v) is 4.30. The first-order chi connectivity index (χ1) is 16.0. The first-order valence-electron chi connectivity index (χ1n) is 10.4. The Kier molecular flexibility index (Phi) is 5.48. The van der Waals surface area contributed by atoms with Crippen LogP contribution < -0.4 is 9.47 Å². The van der Waals surface area contributed by atoms with E-state index in [4.69, 9.17) is 21.1 Å². The summed E-state index contributed by atoms with van der Waals surface area (Å²) in [4.78, 5) is 31.8. The Morgan fingerprint density at radius 3 is 2.64 bits per heavy atom. The number of ketones is 1. The van der Waals surface area contributed by atoms with Gasteiger partial charge in [-0.25, -0.2) is 0 Å². The van der Waals surface area contributed by atoms with Gasteiger partial charge < -0.3 is 19.5 Å². The third-order valence-corrected chi connectivity index (χ3v) is 5.83. The summed E-state index contributed by atoms with van der Waals surface area (Å²) in [6.45, 7) is 0.968. The Labute approximate surface area is 194 Å². The molecule has 0 bridgehead atoms. The highest BCUT2D eigenvalue weighted by Gasteiger charge is 2.46. The molecule has 1 fully saturated rings. The van der Waals surface area contributed by atoms with Crippen LogP contribution in [-0.4, -0.2) is 39.9 Å². The first-order valence-corrected chi connectivity index (χ1v) is 10.7. The highest BCUT2D eigenvalue weighted by Crippen LogP contribution is 2.42. The second-order valence-electron chi connectivity index (χ2n) is 7.70.